The molecule has 1 amide bonds. The lowest BCUT2D eigenvalue weighted by Crippen LogP contribution is -2.50. The van der Waals surface area contributed by atoms with Gasteiger partial charge in [-0.2, -0.15) is 13.1 Å². The maximum Gasteiger partial charge on any atom is 0.387 e. The van der Waals surface area contributed by atoms with Gasteiger partial charge in [0.05, 0.1) is 4.90 Å². The molecule has 0 aliphatic carbocycles. The normalized spacial score (nSPS) is 15.6. The summed E-state index contributed by atoms with van der Waals surface area (Å²) in [6.45, 7) is -2.68. The molecule has 0 spiro atoms. The van der Waals surface area contributed by atoms with Crippen LogP contribution in [0, 0.1) is 5.82 Å². The summed E-state index contributed by atoms with van der Waals surface area (Å²) < 4.78 is 68.7. The molecule has 0 aromatic heterocycles. The largest absolute Gasteiger partial charge is 0.435 e. The number of nitrogens with zero attached hydrogens (tertiary/aromatic N) is 2. The minimum atomic E-state index is -3.87. The molecule has 10 heteroatoms. The molecule has 1 aliphatic heterocycles. The number of alkyl halides is 2. The molecule has 1 heterocycles. The Labute approximate surface area is 160 Å². The highest BCUT2D eigenvalue weighted by Gasteiger charge is 2.30. The van der Waals surface area contributed by atoms with Crippen molar-refractivity contribution in [2.24, 2.45) is 0 Å². The van der Waals surface area contributed by atoms with Gasteiger partial charge in [0.25, 0.3) is 5.91 Å². The second-order valence-electron chi connectivity index (χ2n) is 6.06. The average molecular weight is 414 g/mol. The number of amides is 1. The second-order valence-corrected chi connectivity index (χ2v) is 8.00. The van der Waals surface area contributed by atoms with E-state index >= 15 is 0 Å². The van der Waals surface area contributed by atoms with Gasteiger partial charge in [0.2, 0.25) is 10.0 Å². The molecule has 1 saturated heterocycles. The summed E-state index contributed by atoms with van der Waals surface area (Å²) in [7, 11) is -3.87. The van der Waals surface area contributed by atoms with Crippen molar-refractivity contribution < 1.29 is 31.1 Å². The van der Waals surface area contributed by atoms with Crippen LogP contribution < -0.4 is 4.74 Å². The Morgan fingerprint density at radius 1 is 1.00 bits per heavy atom. The number of piperazine rings is 1. The van der Waals surface area contributed by atoms with Gasteiger partial charge in [-0.15, -0.1) is 0 Å². The molecule has 1 aliphatic rings. The Balaban J connectivity index is 1.67. The van der Waals surface area contributed by atoms with Gasteiger partial charge in [-0.05, 0) is 36.4 Å². The zero-order chi connectivity index (χ0) is 20.3. The van der Waals surface area contributed by atoms with Gasteiger partial charge in [0, 0.05) is 31.7 Å². The number of hydrogen-bond acceptors (Lipinski definition) is 4. The predicted octanol–water partition coefficient (Wildman–Crippen LogP) is 2.57. The fourth-order valence-electron chi connectivity index (χ4n) is 2.90. The van der Waals surface area contributed by atoms with Crippen molar-refractivity contribution >= 4 is 15.9 Å². The lowest BCUT2D eigenvalue weighted by atomic mass is 10.1. The molecule has 28 heavy (non-hydrogen) atoms. The lowest BCUT2D eigenvalue weighted by molar-refractivity contribution is -0.0499. The fraction of sp³-hybridized carbons (Fsp3) is 0.278. The monoisotopic (exact) mass is 414 g/mol. The first-order chi connectivity index (χ1) is 13.3. The molecular weight excluding hydrogens is 397 g/mol. The third-order valence-corrected chi connectivity index (χ3v) is 6.16. The van der Waals surface area contributed by atoms with Crippen LogP contribution in [0.4, 0.5) is 13.2 Å². The van der Waals surface area contributed by atoms with Crippen LogP contribution in [0.25, 0.3) is 0 Å². The minimum Gasteiger partial charge on any atom is -0.435 e. The Bertz CT molecular complexity index is 961. The first-order valence-corrected chi connectivity index (χ1v) is 9.81. The molecule has 0 N–H and O–H groups in total. The number of carbonyl (C=O) groups excluding carboxylic acids is 1. The summed E-state index contributed by atoms with van der Waals surface area (Å²) in [6, 6.07) is 10.1. The van der Waals surface area contributed by atoms with Gasteiger partial charge >= 0.3 is 6.61 Å². The molecule has 150 valence electrons. The first-order valence-electron chi connectivity index (χ1n) is 8.37. The number of halogens is 3. The Morgan fingerprint density at radius 3 is 2.32 bits per heavy atom. The van der Waals surface area contributed by atoms with Gasteiger partial charge in [0.1, 0.15) is 11.6 Å². The van der Waals surface area contributed by atoms with Crippen molar-refractivity contribution in [3.8, 4) is 5.75 Å². The number of ether oxygens (including phenoxy) is 1. The van der Waals surface area contributed by atoms with E-state index in [9.17, 15) is 26.4 Å². The second kappa shape index (κ2) is 8.19. The summed E-state index contributed by atoms with van der Waals surface area (Å²) in [6.07, 6.45) is 0. The third kappa shape index (κ3) is 4.45. The Hall–Kier alpha value is -2.59. The van der Waals surface area contributed by atoms with E-state index in [0.717, 1.165) is 12.1 Å². The van der Waals surface area contributed by atoms with Crippen molar-refractivity contribution in [2.75, 3.05) is 26.2 Å². The summed E-state index contributed by atoms with van der Waals surface area (Å²) in [5.41, 5.74) is 0.166. The highest BCUT2D eigenvalue weighted by Crippen LogP contribution is 2.21. The van der Waals surface area contributed by atoms with Crippen LogP contribution in [-0.2, 0) is 10.0 Å². The van der Waals surface area contributed by atoms with Crippen molar-refractivity contribution in [3.63, 3.8) is 0 Å². The minimum absolute atomic E-state index is 0.0395. The highest BCUT2D eigenvalue weighted by atomic mass is 32.2. The molecule has 0 bridgehead atoms. The van der Waals surface area contributed by atoms with E-state index in [2.05, 4.69) is 4.74 Å². The molecule has 3 rings (SSSR count). The molecule has 0 atom stereocenters. The summed E-state index contributed by atoms with van der Waals surface area (Å²) in [5.74, 6) is -1.20. The van der Waals surface area contributed by atoms with Crippen LogP contribution in [-0.4, -0.2) is 56.3 Å². The van der Waals surface area contributed by atoms with Crippen LogP contribution >= 0.6 is 0 Å². The molecule has 2 aromatic rings. The van der Waals surface area contributed by atoms with Crippen LogP contribution in [0.2, 0.25) is 0 Å². The predicted molar refractivity (Wildman–Crippen MR) is 94.1 cm³/mol. The van der Waals surface area contributed by atoms with Gasteiger partial charge < -0.3 is 9.64 Å². The summed E-state index contributed by atoms with van der Waals surface area (Å²) in [5, 5.41) is 0. The molecule has 6 nitrogen and oxygen atoms in total. The first kappa shape index (κ1) is 20.2. The van der Waals surface area contributed by atoms with Gasteiger partial charge in [-0.3, -0.25) is 4.79 Å². The highest BCUT2D eigenvalue weighted by molar-refractivity contribution is 7.89. The quantitative estimate of drug-likeness (QED) is 0.754. The number of sulfonamides is 1. The lowest BCUT2D eigenvalue weighted by Gasteiger charge is -2.34. The van der Waals surface area contributed by atoms with E-state index in [-0.39, 0.29) is 42.4 Å². The van der Waals surface area contributed by atoms with Gasteiger partial charge in [-0.1, -0.05) is 12.1 Å². The van der Waals surface area contributed by atoms with E-state index in [1.165, 1.54) is 45.6 Å². The van der Waals surface area contributed by atoms with Crippen LogP contribution in [0.5, 0.6) is 5.75 Å². The molecular formula is C18H17F3N2O4S. The van der Waals surface area contributed by atoms with E-state index in [0.29, 0.717) is 0 Å². The average Bonchev–Trinajstić information content (AvgIpc) is 2.67. The third-order valence-electron chi connectivity index (χ3n) is 4.27. The van der Waals surface area contributed by atoms with Gasteiger partial charge in [0.15, 0.2) is 0 Å². The van der Waals surface area contributed by atoms with Crippen LogP contribution in [0.1, 0.15) is 10.4 Å². The SMILES string of the molecule is O=C(c1cccc(OC(F)F)c1)N1CCN(S(=O)(=O)c2cccc(F)c2)CC1. The number of hydrogen-bond donors (Lipinski definition) is 0. The Morgan fingerprint density at radius 2 is 1.68 bits per heavy atom. The molecule has 0 saturated carbocycles. The van der Waals surface area contributed by atoms with Crippen LogP contribution in [0.3, 0.4) is 0 Å². The van der Waals surface area contributed by atoms with E-state index in [1.54, 1.807) is 0 Å². The maximum atomic E-state index is 13.3. The van der Waals surface area contributed by atoms with Crippen molar-refractivity contribution in [2.45, 2.75) is 11.5 Å². The maximum absolute atomic E-state index is 13.3. The number of carbonyl (C=O) groups is 1. The summed E-state index contributed by atoms with van der Waals surface area (Å²) >= 11 is 0. The molecule has 0 radical (unpaired) electrons. The van der Waals surface area contributed by atoms with E-state index in [4.69, 9.17) is 0 Å². The molecule has 2 aromatic carbocycles. The molecule has 0 unspecified atom stereocenters. The summed E-state index contributed by atoms with van der Waals surface area (Å²) in [4.78, 5) is 13.9. The standard InChI is InChI=1S/C18H17F3N2O4S/c19-14-4-2-6-16(12-14)28(25,26)23-9-7-22(8-10-23)17(24)13-3-1-5-15(11-13)27-18(20)21/h1-6,11-12,18H,7-10H2. The van der Waals surface area contributed by atoms with Crippen LogP contribution in [0.15, 0.2) is 53.4 Å². The zero-order valence-electron chi connectivity index (χ0n) is 14.6. The van der Waals surface area contributed by atoms with Crippen molar-refractivity contribution in [1.82, 2.24) is 9.21 Å². The number of benzene rings is 2. The Kier molecular flexibility index (Phi) is 5.90. The topological polar surface area (TPSA) is 66.9 Å². The zero-order valence-corrected chi connectivity index (χ0v) is 15.4. The fourth-order valence-corrected chi connectivity index (χ4v) is 4.35. The van der Waals surface area contributed by atoms with Gasteiger partial charge in [-0.25, -0.2) is 12.8 Å². The van der Waals surface area contributed by atoms with Crippen molar-refractivity contribution in [3.05, 3.63) is 59.9 Å². The van der Waals surface area contributed by atoms with E-state index in [1.807, 2.05) is 0 Å². The van der Waals surface area contributed by atoms with Crippen molar-refractivity contribution in [1.29, 1.82) is 0 Å². The smallest absolute Gasteiger partial charge is 0.387 e. The van der Waals surface area contributed by atoms with E-state index < -0.39 is 28.4 Å². The molecule has 1 fully saturated rings. The number of rotatable bonds is 5.